The van der Waals surface area contributed by atoms with Crippen molar-refractivity contribution in [3.8, 4) is 6.07 Å². The first-order valence-corrected chi connectivity index (χ1v) is 10.1. The number of aromatic amines is 1. The molecular weight excluding hydrogens is 400 g/mol. The summed E-state index contributed by atoms with van der Waals surface area (Å²) in [5.74, 6) is -1.60. The Labute approximate surface area is 166 Å². The van der Waals surface area contributed by atoms with Crippen LogP contribution in [0.4, 0.5) is 4.39 Å². The quantitative estimate of drug-likeness (QED) is 0.501. The van der Waals surface area contributed by atoms with Gasteiger partial charge in [0, 0.05) is 22.3 Å². The predicted octanol–water partition coefficient (Wildman–Crippen LogP) is 3.72. The Kier molecular flexibility index (Phi) is 5.42. The van der Waals surface area contributed by atoms with Crippen LogP contribution < -0.4 is 16.3 Å². The van der Waals surface area contributed by atoms with Gasteiger partial charge in [0.2, 0.25) is 0 Å². The molecule has 0 radical (unpaired) electrons. The smallest absolute Gasteiger partial charge is 0.265 e. The molecule has 0 saturated carbocycles. The second kappa shape index (κ2) is 7.63. The minimum Gasteiger partial charge on any atom is -0.364 e. The number of halogens is 2. The van der Waals surface area contributed by atoms with E-state index in [2.05, 4.69) is 4.98 Å². The zero-order chi connectivity index (χ0) is 20.6. The van der Waals surface area contributed by atoms with E-state index < -0.39 is 19.5 Å². The third-order valence-electron chi connectivity index (χ3n) is 4.50. The van der Waals surface area contributed by atoms with Crippen molar-refractivity contribution in [2.45, 2.75) is 13.8 Å². The molecule has 3 aromatic rings. The van der Waals surface area contributed by atoms with Crippen LogP contribution in [0.3, 0.4) is 0 Å². The van der Waals surface area contributed by atoms with Crippen LogP contribution in [0.25, 0.3) is 17.0 Å². The van der Waals surface area contributed by atoms with Crippen LogP contribution in [0.15, 0.2) is 30.3 Å². The lowest BCUT2D eigenvalue weighted by Gasteiger charge is -2.12. The van der Waals surface area contributed by atoms with Crippen LogP contribution in [-0.4, -0.2) is 10.9 Å². The third-order valence-corrected chi connectivity index (χ3v) is 6.76. The maximum Gasteiger partial charge on any atom is 0.265 e. The van der Waals surface area contributed by atoms with Crippen molar-refractivity contribution in [3.63, 3.8) is 0 Å². The fourth-order valence-corrected chi connectivity index (χ4v) is 5.35. The van der Waals surface area contributed by atoms with Gasteiger partial charge >= 0.3 is 0 Å². The third kappa shape index (κ3) is 3.35. The fourth-order valence-electron chi connectivity index (χ4n) is 3.19. The zero-order valence-electron chi connectivity index (χ0n) is 15.1. The minimum atomic E-state index is -2.84. The average Bonchev–Trinajstić information content (AvgIpc) is 3.05. The summed E-state index contributed by atoms with van der Waals surface area (Å²) in [5.41, 5.74) is 7.85. The highest BCUT2D eigenvalue weighted by atomic mass is 35.5. The van der Waals surface area contributed by atoms with Gasteiger partial charge in [-0.2, -0.15) is 5.26 Å². The number of primary amides is 1. The Hall–Kier alpha value is -2.87. The molecule has 3 rings (SSSR count). The molecule has 28 heavy (non-hydrogen) atoms. The lowest BCUT2D eigenvalue weighted by molar-refractivity contribution is 0.0997. The molecule has 2 aromatic carbocycles. The number of carbonyl (C=O) groups is 1. The molecule has 8 heteroatoms. The summed E-state index contributed by atoms with van der Waals surface area (Å²) >= 11 is 5.90. The van der Waals surface area contributed by atoms with E-state index >= 15 is 0 Å². The first-order valence-electron chi connectivity index (χ1n) is 8.27. The number of nitrogens with two attached hydrogens (primary N) is 1. The van der Waals surface area contributed by atoms with Crippen LogP contribution in [0, 0.1) is 31.0 Å². The number of fused-ring (bicyclic) bond motifs is 1. The second-order valence-corrected chi connectivity index (χ2v) is 8.45. The Bertz CT molecular complexity index is 1220. The molecule has 0 aliphatic carbocycles. The number of rotatable bonds is 4. The maximum atomic E-state index is 14.8. The van der Waals surface area contributed by atoms with Gasteiger partial charge in [-0.25, -0.2) is 4.39 Å². The van der Waals surface area contributed by atoms with Crippen molar-refractivity contribution in [1.82, 2.24) is 4.98 Å². The molecule has 5 nitrogen and oxygen atoms in total. The molecule has 3 N–H and O–H groups in total. The minimum absolute atomic E-state index is 0.000196. The van der Waals surface area contributed by atoms with Crippen LogP contribution >= 0.6 is 19.4 Å². The van der Waals surface area contributed by atoms with Crippen molar-refractivity contribution in [3.05, 3.63) is 63.6 Å². The molecule has 1 aromatic heterocycles. The highest BCUT2D eigenvalue weighted by Crippen LogP contribution is 2.33. The molecule has 142 valence electrons. The van der Waals surface area contributed by atoms with Crippen LogP contribution in [-0.2, 0) is 4.57 Å². The zero-order valence-corrected chi connectivity index (χ0v) is 16.8. The predicted molar refractivity (Wildman–Crippen MR) is 111 cm³/mol. The highest BCUT2D eigenvalue weighted by Gasteiger charge is 2.26. The number of aromatic nitrogens is 1. The van der Waals surface area contributed by atoms with E-state index in [4.69, 9.17) is 22.6 Å². The molecule has 1 unspecified atom stereocenters. The molecule has 0 fully saturated rings. The number of carbonyl (C=O) groups excluding carboxylic acids is 1. The largest absolute Gasteiger partial charge is 0.364 e. The van der Waals surface area contributed by atoms with Gasteiger partial charge in [0.1, 0.15) is 13.5 Å². The molecule has 1 heterocycles. The average molecular weight is 416 g/mol. The number of nitriles is 1. The van der Waals surface area contributed by atoms with E-state index in [1.807, 2.05) is 19.1 Å². The number of hydrogen-bond acceptors (Lipinski definition) is 3. The van der Waals surface area contributed by atoms with Gasteiger partial charge < -0.3 is 15.3 Å². The number of aryl methyl sites for hydroxylation is 1. The summed E-state index contributed by atoms with van der Waals surface area (Å²) in [6.07, 6.45) is 2.94. The number of nitrogens with one attached hydrogen (secondary N) is 1. The first-order chi connectivity index (χ1) is 13.3. The molecule has 1 atom stereocenters. The van der Waals surface area contributed by atoms with Crippen LogP contribution in [0.5, 0.6) is 0 Å². The Morgan fingerprint density at radius 3 is 2.71 bits per heavy atom. The van der Waals surface area contributed by atoms with E-state index in [1.165, 1.54) is 18.2 Å². The first kappa shape index (κ1) is 19.9. The SMILES string of the molecule is Cc1cc(/C=C/C#N)c(C)c([PH](=O)c2c(C(N)=O)[nH]c3ccc(Cl)c(F)c23)c1. The maximum absolute atomic E-state index is 14.8. The number of benzene rings is 2. The topological polar surface area (TPSA) is 99.7 Å². The summed E-state index contributed by atoms with van der Waals surface area (Å²) in [6, 6.07) is 8.36. The molecule has 0 spiro atoms. The monoisotopic (exact) mass is 415 g/mol. The van der Waals surface area contributed by atoms with Gasteiger partial charge in [-0.05, 0) is 54.8 Å². The molecule has 1 amide bonds. The molecule has 0 bridgehead atoms. The Balaban J connectivity index is 2.34. The van der Waals surface area contributed by atoms with Gasteiger partial charge in [0.05, 0.1) is 16.4 Å². The fraction of sp³-hybridized carbons (Fsp3) is 0.100. The van der Waals surface area contributed by atoms with E-state index in [0.29, 0.717) is 21.9 Å². The lowest BCUT2D eigenvalue weighted by Crippen LogP contribution is -2.22. The van der Waals surface area contributed by atoms with Crippen molar-refractivity contribution >= 4 is 52.9 Å². The van der Waals surface area contributed by atoms with Gasteiger partial charge in [0.25, 0.3) is 5.91 Å². The standard InChI is InChI=1S/C20H16ClFN3O2P/c1-10-8-12(4-3-7-23)11(2)15(9-10)28(27)19-16-14(25-18(19)20(24)26)6-5-13(21)17(16)22/h3-6,8-9,25,28H,1-2H3,(H2,24,26)/b4-3+. The van der Waals surface area contributed by atoms with Crippen LogP contribution in [0.2, 0.25) is 5.02 Å². The number of H-pyrrole nitrogens is 1. The van der Waals surface area contributed by atoms with Crippen molar-refractivity contribution in [1.29, 1.82) is 5.26 Å². The Morgan fingerprint density at radius 1 is 1.36 bits per heavy atom. The summed E-state index contributed by atoms with van der Waals surface area (Å²) in [4.78, 5) is 14.7. The van der Waals surface area contributed by atoms with Crippen molar-refractivity contribution < 1.29 is 13.8 Å². The normalized spacial score (nSPS) is 12.4. The van der Waals surface area contributed by atoms with E-state index in [9.17, 15) is 13.8 Å². The second-order valence-electron chi connectivity index (χ2n) is 6.34. The van der Waals surface area contributed by atoms with Gasteiger partial charge in [-0.15, -0.1) is 0 Å². The van der Waals surface area contributed by atoms with Crippen molar-refractivity contribution in [2.75, 3.05) is 0 Å². The van der Waals surface area contributed by atoms with Gasteiger partial charge in [0.15, 0.2) is 5.82 Å². The summed E-state index contributed by atoms with van der Waals surface area (Å²) in [5, 5.41) is 9.13. The molecule has 0 aliphatic heterocycles. The van der Waals surface area contributed by atoms with Crippen molar-refractivity contribution in [2.24, 2.45) is 5.73 Å². The lowest BCUT2D eigenvalue weighted by atomic mass is 10.1. The number of allylic oxidation sites excluding steroid dienone is 1. The van der Waals surface area contributed by atoms with E-state index in [-0.39, 0.29) is 21.4 Å². The Morgan fingerprint density at radius 2 is 2.07 bits per heavy atom. The van der Waals surface area contributed by atoms with Gasteiger partial charge in [-0.3, -0.25) is 4.79 Å². The number of amides is 1. The number of hydrogen-bond donors (Lipinski definition) is 2. The summed E-state index contributed by atoms with van der Waals surface area (Å²) in [7, 11) is -2.84. The highest BCUT2D eigenvalue weighted by molar-refractivity contribution is 7.62. The van der Waals surface area contributed by atoms with Crippen LogP contribution in [0.1, 0.15) is 27.2 Å². The molecule has 0 aliphatic rings. The molecule has 0 saturated heterocycles. The van der Waals surface area contributed by atoms with E-state index in [1.54, 1.807) is 19.1 Å². The van der Waals surface area contributed by atoms with E-state index in [0.717, 1.165) is 5.56 Å². The van der Waals surface area contributed by atoms with Gasteiger partial charge in [-0.1, -0.05) is 17.7 Å². The summed E-state index contributed by atoms with van der Waals surface area (Å²) < 4.78 is 28.3. The summed E-state index contributed by atoms with van der Waals surface area (Å²) in [6.45, 7) is 3.58. The number of nitrogens with zero attached hydrogens (tertiary/aromatic N) is 1. The molecular formula is C20H16ClFN3O2P.